The predicted octanol–water partition coefficient (Wildman–Crippen LogP) is 3.74. The summed E-state index contributed by atoms with van der Waals surface area (Å²) in [5.41, 5.74) is 0. The molecule has 0 aromatic heterocycles. The van der Waals surface area contributed by atoms with Gasteiger partial charge >= 0.3 is 0 Å². The summed E-state index contributed by atoms with van der Waals surface area (Å²) >= 11 is 21.6. The number of quaternary nitrogens is 1. The van der Waals surface area contributed by atoms with Gasteiger partial charge in [0.15, 0.2) is 0 Å². The highest BCUT2D eigenvalue weighted by atomic mass is 35.5. The van der Waals surface area contributed by atoms with Crippen molar-refractivity contribution in [1.29, 1.82) is 0 Å². The molecule has 2 aliphatic carbocycles. The van der Waals surface area contributed by atoms with Crippen LogP contribution in [-0.4, -0.2) is 58.3 Å². The minimum atomic E-state index is 0.254. The van der Waals surface area contributed by atoms with E-state index in [1.54, 1.807) is 0 Å². The number of rotatable bonds is 6. The van der Waals surface area contributed by atoms with Gasteiger partial charge in [0.2, 0.25) is 0 Å². The Labute approximate surface area is 166 Å². The van der Waals surface area contributed by atoms with Crippen LogP contribution in [-0.2, 0) is 0 Å². The molecular weight excluding hydrogens is 383 g/mol. The van der Waals surface area contributed by atoms with Gasteiger partial charge in [-0.15, -0.1) is 34.8 Å². The SMILES string of the molecule is ClC1CCC(CSC(CN2CC[NH2+]C2)C2CCC(Cl)CC2Cl)CC1. The largest absolute Gasteiger partial charge is 0.333 e. The molecule has 2 saturated carbocycles. The summed E-state index contributed by atoms with van der Waals surface area (Å²) in [4.78, 5) is 2.61. The first kappa shape index (κ1) is 19.9. The average molecular weight is 415 g/mol. The molecule has 0 amide bonds. The molecule has 0 aromatic carbocycles. The molecule has 3 aliphatic rings. The van der Waals surface area contributed by atoms with E-state index < -0.39 is 0 Å². The first-order valence-electron chi connectivity index (χ1n) is 9.69. The molecule has 140 valence electrons. The Kier molecular flexibility index (Phi) is 8.20. The average Bonchev–Trinajstić information content (AvgIpc) is 3.06. The third-order valence-corrected chi connectivity index (χ3v) is 8.96. The van der Waals surface area contributed by atoms with E-state index in [9.17, 15) is 0 Å². The van der Waals surface area contributed by atoms with Gasteiger partial charge in [-0.2, -0.15) is 11.8 Å². The van der Waals surface area contributed by atoms with Crippen LogP contribution in [0.2, 0.25) is 0 Å². The maximum Gasteiger partial charge on any atom is 0.132 e. The van der Waals surface area contributed by atoms with E-state index in [4.69, 9.17) is 34.8 Å². The Morgan fingerprint density at radius 3 is 2.42 bits per heavy atom. The topological polar surface area (TPSA) is 19.9 Å². The van der Waals surface area contributed by atoms with Crippen LogP contribution in [0.5, 0.6) is 0 Å². The van der Waals surface area contributed by atoms with Gasteiger partial charge in [-0.25, -0.2) is 0 Å². The molecule has 24 heavy (non-hydrogen) atoms. The summed E-state index contributed by atoms with van der Waals surface area (Å²) in [5.74, 6) is 2.77. The van der Waals surface area contributed by atoms with Crippen molar-refractivity contribution in [3.05, 3.63) is 0 Å². The summed E-state index contributed by atoms with van der Waals surface area (Å²) in [6.45, 7) is 4.83. The molecule has 0 spiro atoms. The number of alkyl halides is 3. The van der Waals surface area contributed by atoms with E-state index in [0.717, 1.165) is 25.4 Å². The van der Waals surface area contributed by atoms with Crippen LogP contribution in [0.4, 0.5) is 0 Å². The van der Waals surface area contributed by atoms with Gasteiger partial charge in [-0.1, -0.05) is 0 Å². The third-order valence-electron chi connectivity index (χ3n) is 6.03. The molecule has 6 heteroatoms. The zero-order valence-corrected chi connectivity index (χ0v) is 17.6. The molecule has 0 bridgehead atoms. The number of thioether (sulfide) groups is 1. The first-order valence-corrected chi connectivity index (χ1v) is 12.1. The van der Waals surface area contributed by atoms with E-state index in [1.165, 1.54) is 57.5 Å². The first-order chi connectivity index (χ1) is 11.6. The summed E-state index contributed by atoms with van der Waals surface area (Å²) in [5, 5.41) is 4.04. The fourth-order valence-corrected chi connectivity index (χ4v) is 7.43. The van der Waals surface area contributed by atoms with Crippen LogP contribution >= 0.6 is 46.6 Å². The molecule has 2 N–H and O–H groups in total. The summed E-state index contributed by atoms with van der Waals surface area (Å²) in [6, 6.07) is 0. The van der Waals surface area contributed by atoms with Crippen molar-refractivity contribution in [1.82, 2.24) is 4.90 Å². The molecule has 0 radical (unpaired) electrons. The van der Waals surface area contributed by atoms with Gasteiger partial charge in [0.05, 0.1) is 13.1 Å². The Balaban J connectivity index is 1.54. The van der Waals surface area contributed by atoms with E-state index in [0.29, 0.717) is 16.5 Å². The summed E-state index contributed by atoms with van der Waals surface area (Å²) < 4.78 is 0. The highest BCUT2D eigenvalue weighted by molar-refractivity contribution is 7.99. The van der Waals surface area contributed by atoms with Crippen LogP contribution < -0.4 is 5.32 Å². The fraction of sp³-hybridized carbons (Fsp3) is 1.00. The molecule has 4 atom stereocenters. The number of nitrogens with two attached hydrogens (primary N) is 1. The highest BCUT2D eigenvalue weighted by Gasteiger charge is 2.36. The van der Waals surface area contributed by atoms with Crippen molar-refractivity contribution in [2.75, 3.05) is 32.1 Å². The maximum atomic E-state index is 6.76. The molecular formula is C18H32Cl3N2S+. The Hall–Kier alpha value is 1.14. The second kappa shape index (κ2) is 9.90. The van der Waals surface area contributed by atoms with Gasteiger partial charge in [0, 0.05) is 27.9 Å². The van der Waals surface area contributed by atoms with Crippen molar-refractivity contribution in [3.63, 3.8) is 0 Å². The number of halogens is 3. The van der Waals surface area contributed by atoms with Crippen LogP contribution in [0.1, 0.15) is 44.9 Å². The van der Waals surface area contributed by atoms with Crippen molar-refractivity contribution in [2.45, 2.75) is 66.3 Å². The third kappa shape index (κ3) is 5.82. The van der Waals surface area contributed by atoms with Gasteiger partial charge in [0.25, 0.3) is 0 Å². The lowest BCUT2D eigenvalue weighted by Gasteiger charge is -2.37. The Morgan fingerprint density at radius 2 is 1.75 bits per heavy atom. The van der Waals surface area contributed by atoms with Gasteiger partial charge < -0.3 is 5.32 Å². The zero-order chi connectivity index (χ0) is 16.9. The smallest absolute Gasteiger partial charge is 0.132 e. The van der Waals surface area contributed by atoms with Crippen LogP contribution in [0.25, 0.3) is 0 Å². The normalized spacial score (nSPS) is 39.9. The van der Waals surface area contributed by atoms with Crippen LogP contribution in [0.3, 0.4) is 0 Å². The predicted molar refractivity (Wildman–Crippen MR) is 108 cm³/mol. The quantitative estimate of drug-likeness (QED) is 0.668. The van der Waals surface area contributed by atoms with Crippen molar-refractivity contribution >= 4 is 46.6 Å². The maximum absolute atomic E-state index is 6.76. The molecule has 1 heterocycles. The minimum Gasteiger partial charge on any atom is -0.333 e. The number of hydrogen-bond acceptors (Lipinski definition) is 2. The summed E-state index contributed by atoms with van der Waals surface area (Å²) in [7, 11) is 0. The molecule has 1 saturated heterocycles. The fourth-order valence-electron chi connectivity index (χ4n) is 4.43. The lowest BCUT2D eigenvalue weighted by atomic mass is 9.85. The number of nitrogens with zero attached hydrogens (tertiary/aromatic N) is 1. The zero-order valence-electron chi connectivity index (χ0n) is 14.5. The standard InChI is InChI=1S/C18H31Cl3N2S/c19-14-3-1-13(2-4-14)11-24-18(10-23-8-7-22-12-23)16-6-5-15(20)9-17(16)21/h13-18,22H,1-12H2/p+1. The van der Waals surface area contributed by atoms with Crippen LogP contribution in [0, 0.1) is 11.8 Å². The molecule has 2 nitrogen and oxygen atoms in total. The second-order valence-electron chi connectivity index (χ2n) is 7.92. The molecule has 3 fully saturated rings. The van der Waals surface area contributed by atoms with E-state index in [1.807, 2.05) is 0 Å². The highest BCUT2D eigenvalue weighted by Crippen LogP contribution is 2.40. The van der Waals surface area contributed by atoms with Gasteiger partial charge in [-0.05, 0) is 62.5 Å². The Bertz CT molecular complexity index is 373. The van der Waals surface area contributed by atoms with Crippen molar-refractivity contribution in [2.24, 2.45) is 11.8 Å². The van der Waals surface area contributed by atoms with E-state index in [2.05, 4.69) is 22.0 Å². The molecule has 3 rings (SSSR count). The van der Waals surface area contributed by atoms with Gasteiger partial charge in [-0.3, -0.25) is 4.90 Å². The monoisotopic (exact) mass is 413 g/mol. The lowest BCUT2D eigenvalue weighted by molar-refractivity contribution is -0.642. The molecule has 0 aromatic rings. The Morgan fingerprint density at radius 1 is 1.00 bits per heavy atom. The number of hydrogen-bond donors (Lipinski definition) is 1. The van der Waals surface area contributed by atoms with E-state index >= 15 is 0 Å². The molecule has 4 unspecified atom stereocenters. The second-order valence-corrected chi connectivity index (χ2v) is 11.0. The van der Waals surface area contributed by atoms with Crippen molar-refractivity contribution < 1.29 is 5.32 Å². The van der Waals surface area contributed by atoms with E-state index in [-0.39, 0.29) is 10.8 Å². The summed E-state index contributed by atoms with van der Waals surface area (Å²) in [6.07, 6.45) is 8.34. The van der Waals surface area contributed by atoms with Crippen LogP contribution in [0.15, 0.2) is 0 Å². The lowest BCUT2D eigenvalue weighted by Crippen LogP contribution is -2.82. The van der Waals surface area contributed by atoms with Crippen molar-refractivity contribution in [3.8, 4) is 0 Å². The van der Waals surface area contributed by atoms with Gasteiger partial charge in [0.1, 0.15) is 6.67 Å². The molecule has 1 aliphatic heterocycles. The minimum absolute atomic E-state index is 0.254.